The Bertz CT molecular complexity index is 1050. The molecule has 2 aromatic heterocycles. The molecule has 1 aliphatic heterocycles. The molecule has 3 heterocycles. The monoisotopic (exact) mass is 422 g/mol. The van der Waals surface area contributed by atoms with E-state index in [0.29, 0.717) is 49.0 Å². The molecule has 1 saturated heterocycles. The molecule has 1 fully saturated rings. The van der Waals surface area contributed by atoms with Gasteiger partial charge in [0.05, 0.1) is 12.1 Å². The van der Waals surface area contributed by atoms with Crippen LogP contribution in [0.2, 0.25) is 0 Å². The van der Waals surface area contributed by atoms with Crippen molar-refractivity contribution in [3.8, 4) is 0 Å². The third-order valence-electron chi connectivity index (χ3n) is 5.65. The molecule has 0 spiro atoms. The zero-order chi connectivity index (χ0) is 22.0. The first-order chi connectivity index (χ1) is 14.9. The Morgan fingerprint density at radius 2 is 1.94 bits per heavy atom. The Labute approximate surface area is 180 Å². The smallest absolute Gasteiger partial charge is 0.254 e. The average molecular weight is 422 g/mol. The molecule has 1 atom stereocenters. The summed E-state index contributed by atoms with van der Waals surface area (Å²) < 4.78 is 5.20. The number of carbonyl (C=O) groups excluding carboxylic acids is 2. The largest absolute Gasteiger partial charge is 0.361 e. The van der Waals surface area contributed by atoms with Crippen LogP contribution >= 0.6 is 0 Å². The number of nitrogens with zero attached hydrogens (tertiary/aromatic N) is 5. The molecule has 0 bridgehead atoms. The van der Waals surface area contributed by atoms with E-state index in [9.17, 15) is 9.59 Å². The third kappa shape index (κ3) is 4.35. The van der Waals surface area contributed by atoms with Gasteiger partial charge < -0.3 is 14.3 Å². The van der Waals surface area contributed by atoms with Crippen molar-refractivity contribution in [2.45, 2.75) is 39.7 Å². The van der Waals surface area contributed by atoms with Gasteiger partial charge in [-0.15, -0.1) is 0 Å². The van der Waals surface area contributed by atoms with Gasteiger partial charge in [-0.3, -0.25) is 14.7 Å². The molecule has 1 N–H and O–H groups in total. The van der Waals surface area contributed by atoms with Gasteiger partial charge in [0.15, 0.2) is 5.82 Å². The Hall–Kier alpha value is -3.49. The SMILES string of the molecule is Cc1nc(C2CN(C(=O)Cc3c(C)noc3C)CCCN2C(=O)c2ccccc2)n[nH]1. The van der Waals surface area contributed by atoms with Crippen molar-refractivity contribution >= 4 is 11.8 Å². The summed E-state index contributed by atoms with van der Waals surface area (Å²) in [5, 5.41) is 11.1. The number of aryl methyl sites for hydroxylation is 3. The second-order valence-electron chi connectivity index (χ2n) is 7.83. The van der Waals surface area contributed by atoms with Crippen LogP contribution in [-0.4, -0.2) is 61.6 Å². The zero-order valence-electron chi connectivity index (χ0n) is 18.0. The highest BCUT2D eigenvalue weighted by Crippen LogP contribution is 2.26. The summed E-state index contributed by atoms with van der Waals surface area (Å²) in [4.78, 5) is 34.5. The number of H-pyrrole nitrogens is 1. The predicted molar refractivity (Wildman–Crippen MR) is 112 cm³/mol. The molecule has 4 rings (SSSR count). The molecule has 2 amide bonds. The lowest BCUT2D eigenvalue weighted by Crippen LogP contribution is -2.41. The van der Waals surface area contributed by atoms with Gasteiger partial charge in [-0.2, -0.15) is 5.10 Å². The Morgan fingerprint density at radius 3 is 2.58 bits per heavy atom. The van der Waals surface area contributed by atoms with Gasteiger partial charge >= 0.3 is 0 Å². The standard InChI is InChI=1S/C22H26N6O3/c1-14-18(15(2)31-26-14)12-20(29)27-10-7-11-28(22(30)17-8-5-4-6-9-17)19(13-27)21-23-16(3)24-25-21/h4-6,8-9,19H,7,10-13H2,1-3H3,(H,23,24,25). The summed E-state index contributed by atoms with van der Waals surface area (Å²) in [6.07, 6.45) is 0.888. The van der Waals surface area contributed by atoms with Gasteiger partial charge in [-0.25, -0.2) is 4.98 Å². The number of aromatic amines is 1. The first-order valence-corrected chi connectivity index (χ1v) is 10.4. The molecule has 0 radical (unpaired) electrons. The number of carbonyl (C=O) groups is 2. The van der Waals surface area contributed by atoms with E-state index in [2.05, 4.69) is 20.3 Å². The Balaban J connectivity index is 1.61. The summed E-state index contributed by atoms with van der Waals surface area (Å²) in [7, 11) is 0. The van der Waals surface area contributed by atoms with Crippen LogP contribution in [0.15, 0.2) is 34.9 Å². The molecule has 0 aliphatic carbocycles. The molecule has 162 valence electrons. The normalized spacial score (nSPS) is 16.9. The fourth-order valence-corrected chi connectivity index (χ4v) is 3.95. The van der Waals surface area contributed by atoms with Gasteiger partial charge in [0, 0.05) is 30.8 Å². The number of hydrogen-bond donors (Lipinski definition) is 1. The minimum absolute atomic E-state index is 0.0272. The first-order valence-electron chi connectivity index (χ1n) is 10.4. The van der Waals surface area contributed by atoms with Crippen molar-refractivity contribution in [2.75, 3.05) is 19.6 Å². The van der Waals surface area contributed by atoms with Crippen molar-refractivity contribution < 1.29 is 14.1 Å². The number of amides is 2. The van der Waals surface area contributed by atoms with E-state index in [4.69, 9.17) is 4.52 Å². The second-order valence-corrected chi connectivity index (χ2v) is 7.83. The third-order valence-corrected chi connectivity index (χ3v) is 5.65. The molecule has 0 saturated carbocycles. The first kappa shape index (κ1) is 20.8. The van der Waals surface area contributed by atoms with E-state index in [1.165, 1.54) is 0 Å². The van der Waals surface area contributed by atoms with Crippen molar-refractivity contribution in [3.63, 3.8) is 0 Å². The molecule has 3 aromatic rings. The molecule has 9 nitrogen and oxygen atoms in total. The minimum Gasteiger partial charge on any atom is -0.361 e. The van der Waals surface area contributed by atoms with Crippen LogP contribution in [0.4, 0.5) is 0 Å². The van der Waals surface area contributed by atoms with Crippen LogP contribution in [0.3, 0.4) is 0 Å². The van der Waals surface area contributed by atoms with E-state index in [1.54, 1.807) is 21.9 Å². The molecule has 9 heteroatoms. The molecule has 1 aromatic carbocycles. The molecule has 31 heavy (non-hydrogen) atoms. The van der Waals surface area contributed by atoms with Crippen LogP contribution in [0.25, 0.3) is 0 Å². The maximum atomic E-state index is 13.3. The quantitative estimate of drug-likeness (QED) is 0.692. The molecular formula is C22H26N6O3. The summed E-state index contributed by atoms with van der Waals surface area (Å²) in [6, 6.07) is 8.73. The number of rotatable bonds is 4. The fourth-order valence-electron chi connectivity index (χ4n) is 3.95. The number of aromatic nitrogens is 4. The lowest BCUT2D eigenvalue weighted by Gasteiger charge is -2.30. The van der Waals surface area contributed by atoms with E-state index < -0.39 is 6.04 Å². The predicted octanol–water partition coefficient (Wildman–Crippen LogP) is 2.38. The highest BCUT2D eigenvalue weighted by molar-refractivity contribution is 5.94. The maximum Gasteiger partial charge on any atom is 0.254 e. The number of hydrogen-bond acceptors (Lipinski definition) is 6. The highest BCUT2D eigenvalue weighted by Gasteiger charge is 2.34. The van der Waals surface area contributed by atoms with Gasteiger partial charge in [0.2, 0.25) is 5.91 Å². The van der Waals surface area contributed by atoms with Crippen LogP contribution in [0.1, 0.15) is 51.5 Å². The lowest BCUT2D eigenvalue weighted by molar-refractivity contribution is -0.130. The van der Waals surface area contributed by atoms with E-state index >= 15 is 0 Å². The van der Waals surface area contributed by atoms with Gasteiger partial charge in [-0.1, -0.05) is 23.4 Å². The topological polar surface area (TPSA) is 108 Å². The van der Waals surface area contributed by atoms with E-state index in [0.717, 1.165) is 11.3 Å². The summed E-state index contributed by atoms with van der Waals surface area (Å²) in [6.45, 7) is 6.86. The van der Waals surface area contributed by atoms with Crippen LogP contribution < -0.4 is 0 Å². The minimum atomic E-state index is -0.436. The number of nitrogens with one attached hydrogen (secondary N) is 1. The van der Waals surface area contributed by atoms with Crippen molar-refractivity contribution in [1.82, 2.24) is 30.1 Å². The van der Waals surface area contributed by atoms with Crippen molar-refractivity contribution in [1.29, 1.82) is 0 Å². The van der Waals surface area contributed by atoms with E-state index in [1.807, 2.05) is 39.0 Å². The Morgan fingerprint density at radius 1 is 1.16 bits per heavy atom. The second kappa shape index (κ2) is 8.71. The summed E-state index contributed by atoms with van der Waals surface area (Å²) in [5.41, 5.74) is 2.15. The molecular weight excluding hydrogens is 396 g/mol. The van der Waals surface area contributed by atoms with Crippen LogP contribution in [0, 0.1) is 20.8 Å². The fraction of sp³-hybridized carbons (Fsp3) is 0.409. The van der Waals surface area contributed by atoms with Gasteiger partial charge in [0.25, 0.3) is 5.91 Å². The molecule has 1 aliphatic rings. The van der Waals surface area contributed by atoms with E-state index in [-0.39, 0.29) is 18.2 Å². The van der Waals surface area contributed by atoms with Crippen LogP contribution in [0.5, 0.6) is 0 Å². The van der Waals surface area contributed by atoms with Crippen molar-refractivity contribution in [2.24, 2.45) is 0 Å². The number of benzene rings is 1. The maximum absolute atomic E-state index is 13.3. The highest BCUT2D eigenvalue weighted by atomic mass is 16.5. The van der Waals surface area contributed by atoms with Gasteiger partial charge in [-0.05, 0) is 39.3 Å². The van der Waals surface area contributed by atoms with Crippen molar-refractivity contribution in [3.05, 3.63) is 64.6 Å². The summed E-state index contributed by atoms with van der Waals surface area (Å²) in [5.74, 6) is 1.72. The Kier molecular flexibility index (Phi) is 5.83. The average Bonchev–Trinajstić information content (AvgIpc) is 3.25. The molecule has 1 unspecified atom stereocenters. The zero-order valence-corrected chi connectivity index (χ0v) is 18.0. The summed E-state index contributed by atoms with van der Waals surface area (Å²) >= 11 is 0. The van der Waals surface area contributed by atoms with Gasteiger partial charge in [0.1, 0.15) is 17.6 Å². The van der Waals surface area contributed by atoms with Crippen LogP contribution in [-0.2, 0) is 11.2 Å². The lowest BCUT2D eigenvalue weighted by atomic mass is 10.1.